The number of methoxy groups -OCH3 is 1. The second-order valence-electron chi connectivity index (χ2n) is 5.89. The molecule has 0 saturated carbocycles. The maximum atomic E-state index is 12.4. The van der Waals surface area contributed by atoms with Crippen molar-refractivity contribution in [1.29, 1.82) is 0 Å². The fourth-order valence-corrected chi connectivity index (χ4v) is 4.33. The van der Waals surface area contributed by atoms with Gasteiger partial charge in [0.15, 0.2) is 5.82 Å². The van der Waals surface area contributed by atoms with E-state index in [1.807, 2.05) is 36.6 Å². The number of rotatable bonds is 8. The van der Waals surface area contributed by atoms with Gasteiger partial charge in [-0.25, -0.2) is 4.98 Å². The molecular weight excluding hydrogens is 382 g/mol. The van der Waals surface area contributed by atoms with E-state index in [0.717, 1.165) is 28.4 Å². The zero-order valence-corrected chi connectivity index (χ0v) is 17.0. The van der Waals surface area contributed by atoms with E-state index in [1.165, 1.54) is 0 Å². The Balaban J connectivity index is 1.58. The first-order valence-corrected chi connectivity index (χ1v) is 10.5. The van der Waals surface area contributed by atoms with Crippen LogP contribution in [0, 0.1) is 6.92 Å². The predicted molar refractivity (Wildman–Crippen MR) is 109 cm³/mol. The van der Waals surface area contributed by atoms with Gasteiger partial charge in [-0.15, -0.1) is 23.1 Å². The highest BCUT2D eigenvalue weighted by molar-refractivity contribution is 7.99. The smallest absolute Gasteiger partial charge is 0.238 e. The Bertz CT molecular complexity index is 890. The van der Waals surface area contributed by atoms with E-state index in [1.54, 1.807) is 43.2 Å². The van der Waals surface area contributed by atoms with Gasteiger partial charge in [-0.1, -0.05) is 12.1 Å². The van der Waals surface area contributed by atoms with Crippen molar-refractivity contribution in [3.63, 3.8) is 0 Å². The molecule has 2 heterocycles. The van der Waals surface area contributed by atoms with Gasteiger partial charge in [0.2, 0.25) is 5.91 Å². The number of hydrogen-bond donors (Lipinski definition) is 1. The molecule has 27 heavy (non-hydrogen) atoms. The number of carbonyl (C=O) groups is 1. The lowest BCUT2D eigenvalue weighted by Gasteiger charge is -2.12. The van der Waals surface area contributed by atoms with E-state index in [-0.39, 0.29) is 11.2 Å². The van der Waals surface area contributed by atoms with E-state index < -0.39 is 0 Å². The maximum absolute atomic E-state index is 12.4. The highest BCUT2D eigenvalue weighted by Crippen LogP contribution is 2.28. The number of thiazole rings is 1. The lowest BCUT2D eigenvalue weighted by atomic mass is 10.2. The Morgan fingerprint density at radius 3 is 2.78 bits per heavy atom. The molecule has 0 aliphatic rings. The van der Waals surface area contributed by atoms with Gasteiger partial charge in [0.25, 0.3) is 0 Å². The van der Waals surface area contributed by atoms with Gasteiger partial charge in [-0.05, 0) is 37.6 Å². The number of aromatic nitrogens is 2. The second kappa shape index (κ2) is 9.05. The molecule has 0 unspecified atom stereocenters. The maximum Gasteiger partial charge on any atom is 0.238 e. The number of anilines is 1. The van der Waals surface area contributed by atoms with Crippen molar-refractivity contribution in [2.75, 3.05) is 12.4 Å². The van der Waals surface area contributed by atoms with Crippen LogP contribution in [-0.2, 0) is 10.5 Å². The largest absolute Gasteiger partial charge is 0.497 e. The van der Waals surface area contributed by atoms with Crippen molar-refractivity contribution in [3.8, 4) is 16.3 Å². The molecule has 0 spiro atoms. The number of benzene rings is 1. The molecule has 0 bridgehead atoms. The molecule has 1 N–H and O–H groups in total. The Hall–Kier alpha value is -2.32. The van der Waals surface area contributed by atoms with Crippen LogP contribution in [0.15, 0.2) is 40.2 Å². The van der Waals surface area contributed by atoms with Gasteiger partial charge >= 0.3 is 0 Å². The third kappa shape index (κ3) is 5.11. The lowest BCUT2D eigenvalue weighted by molar-refractivity contribution is -0.115. The molecule has 0 radical (unpaired) electrons. The number of aryl methyl sites for hydroxylation is 1. The summed E-state index contributed by atoms with van der Waals surface area (Å²) >= 11 is 3.18. The zero-order chi connectivity index (χ0) is 19.2. The van der Waals surface area contributed by atoms with Crippen molar-refractivity contribution < 1.29 is 14.1 Å². The van der Waals surface area contributed by atoms with Crippen LogP contribution in [0.3, 0.4) is 0 Å². The molecule has 8 heteroatoms. The predicted octanol–water partition coefficient (Wildman–Crippen LogP) is 4.77. The minimum atomic E-state index is -0.173. The molecule has 6 nitrogen and oxygen atoms in total. The third-order valence-corrected chi connectivity index (χ3v) is 6.22. The van der Waals surface area contributed by atoms with Crippen LogP contribution >= 0.6 is 23.1 Å². The van der Waals surface area contributed by atoms with Crippen LogP contribution in [0.4, 0.5) is 5.82 Å². The van der Waals surface area contributed by atoms with Crippen LogP contribution in [-0.4, -0.2) is 28.4 Å². The van der Waals surface area contributed by atoms with Gasteiger partial charge in [0.1, 0.15) is 16.5 Å². The number of amides is 1. The number of hydrogen-bond acceptors (Lipinski definition) is 7. The van der Waals surface area contributed by atoms with Gasteiger partial charge in [-0.3, -0.25) is 4.79 Å². The summed E-state index contributed by atoms with van der Waals surface area (Å²) in [5, 5.41) is 9.43. The quantitative estimate of drug-likeness (QED) is 0.584. The highest BCUT2D eigenvalue weighted by atomic mass is 32.2. The standard InChI is InChI=1S/C19H21N3O3S2/c1-4-16(18(23)21-17-9-12(2)25-22-17)26-10-14-11-27-19(20-14)13-5-7-15(24-3)8-6-13/h5-9,11,16H,4,10H2,1-3H3,(H,21,22,23)/t16-/m1/s1. The Morgan fingerprint density at radius 2 is 2.15 bits per heavy atom. The molecular formula is C19H21N3O3S2. The minimum Gasteiger partial charge on any atom is -0.497 e. The molecule has 0 aliphatic carbocycles. The van der Waals surface area contributed by atoms with Crippen LogP contribution < -0.4 is 10.1 Å². The zero-order valence-electron chi connectivity index (χ0n) is 15.4. The summed E-state index contributed by atoms with van der Waals surface area (Å²) in [6, 6.07) is 9.55. The van der Waals surface area contributed by atoms with Gasteiger partial charge in [-0.2, -0.15) is 0 Å². The van der Waals surface area contributed by atoms with Crippen molar-refractivity contribution in [3.05, 3.63) is 47.2 Å². The molecule has 2 aromatic heterocycles. The summed E-state index contributed by atoms with van der Waals surface area (Å²) in [6.45, 7) is 3.78. The second-order valence-corrected chi connectivity index (χ2v) is 7.94. The molecule has 1 amide bonds. The van der Waals surface area contributed by atoms with Gasteiger partial charge in [0.05, 0.1) is 18.1 Å². The molecule has 0 saturated heterocycles. The monoisotopic (exact) mass is 403 g/mol. The summed E-state index contributed by atoms with van der Waals surface area (Å²) in [7, 11) is 1.65. The fourth-order valence-electron chi connectivity index (χ4n) is 2.44. The van der Waals surface area contributed by atoms with Crippen molar-refractivity contribution in [1.82, 2.24) is 10.1 Å². The number of nitrogens with zero attached hydrogens (tertiary/aromatic N) is 2. The Morgan fingerprint density at radius 1 is 1.37 bits per heavy atom. The van der Waals surface area contributed by atoms with E-state index in [2.05, 4.69) is 15.5 Å². The van der Waals surface area contributed by atoms with E-state index >= 15 is 0 Å². The highest BCUT2D eigenvalue weighted by Gasteiger charge is 2.19. The van der Waals surface area contributed by atoms with Crippen LogP contribution in [0.5, 0.6) is 5.75 Å². The van der Waals surface area contributed by atoms with Crippen LogP contribution in [0.2, 0.25) is 0 Å². The van der Waals surface area contributed by atoms with E-state index in [9.17, 15) is 4.79 Å². The fraction of sp³-hybridized carbons (Fsp3) is 0.316. The van der Waals surface area contributed by atoms with Gasteiger partial charge < -0.3 is 14.6 Å². The topological polar surface area (TPSA) is 77.2 Å². The van der Waals surface area contributed by atoms with Crippen molar-refractivity contribution in [2.24, 2.45) is 0 Å². The summed E-state index contributed by atoms with van der Waals surface area (Å²) < 4.78 is 10.2. The Kier molecular flexibility index (Phi) is 6.52. The lowest BCUT2D eigenvalue weighted by Crippen LogP contribution is -2.24. The SMILES string of the molecule is CC[C@@H](SCc1csc(-c2ccc(OC)cc2)n1)C(=O)Nc1cc(C)on1. The first kappa shape index (κ1) is 19.4. The number of thioether (sulfide) groups is 1. The first-order valence-electron chi connectivity index (χ1n) is 8.53. The summed E-state index contributed by atoms with van der Waals surface area (Å²) in [6.07, 6.45) is 0.725. The first-order chi connectivity index (χ1) is 13.1. The summed E-state index contributed by atoms with van der Waals surface area (Å²) in [5.41, 5.74) is 2.03. The molecule has 1 aromatic carbocycles. The number of carbonyl (C=O) groups excluding carboxylic acids is 1. The van der Waals surface area contributed by atoms with E-state index in [4.69, 9.17) is 9.26 Å². The van der Waals surface area contributed by atoms with Gasteiger partial charge in [0, 0.05) is 22.8 Å². The number of ether oxygens (including phenoxy) is 1. The number of nitrogens with one attached hydrogen (secondary N) is 1. The molecule has 142 valence electrons. The summed E-state index contributed by atoms with van der Waals surface area (Å²) in [5.74, 6) is 2.55. The Labute approximate surface area is 166 Å². The average Bonchev–Trinajstić information content (AvgIpc) is 3.31. The molecule has 3 aromatic rings. The van der Waals surface area contributed by atoms with Crippen molar-refractivity contribution >= 4 is 34.8 Å². The third-order valence-electron chi connectivity index (χ3n) is 3.86. The minimum absolute atomic E-state index is 0.0681. The van der Waals surface area contributed by atoms with Crippen molar-refractivity contribution in [2.45, 2.75) is 31.3 Å². The normalized spacial score (nSPS) is 12.0. The molecule has 1 atom stereocenters. The molecule has 0 aliphatic heterocycles. The summed E-state index contributed by atoms with van der Waals surface area (Å²) in [4.78, 5) is 17.1. The van der Waals surface area contributed by atoms with Crippen LogP contribution in [0.1, 0.15) is 24.8 Å². The molecule has 3 rings (SSSR count). The van der Waals surface area contributed by atoms with Crippen LogP contribution in [0.25, 0.3) is 10.6 Å². The molecule has 0 fully saturated rings. The van der Waals surface area contributed by atoms with E-state index in [0.29, 0.717) is 17.3 Å². The average molecular weight is 404 g/mol.